The standard InChI is InChI=1S/C16H19N3O3S.ClH/c1-17-9-11-4-6-19(10-11)16(21)12-5-8-23-15(12)18-14(20)13-3-2-7-22-13;/h2-3,5,7-8,11,17H,4,6,9-10H2,1H3,(H,18,20);1H. The highest BCUT2D eigenvalue weighted by atomic mass is 35.5. The maximum atomic E-state index is 12.7. The first-order valence-electron chi connectivity index (χ1n) is 7.55. The minimum Gasteiger partial charge on any atom is -0.459 e. The summed E-state index contributed by atoms with van der Waals surface area (Å²) < 4.78 is 5.08. The number of rotatable bonds is 5. The van der Waals surface area contributed by atoms with Crippen LogP contribution in [0.1, 0.15) is 27.3 Å². The van der Waals surface area contributed by atoms with E-state index < -0.39 is 0 Å². The number of carbonyl (C=O) groups excluding carboxylic acids is 2. The molecule has 0 bridgehead atoms. The summed E-state index contributed by atoms with van der Waals surface area (Å²) in [7, 11) is 1.92. The van der Waals surface area contributed by atoms with Gasteiger partial charge in [0.1, 0.15) is 5.00 Å². The number of halogens is 1. The molecule has 2 amide bonds. The van der Waals surface area contributed by atoms with Gasteiger partial charge < -0.3 is 20.0 Å². The molecule has 0 aliphatic carbocycles. The lowest BCUT2D eigenvalue weighted by Gasteiger charge is -2.17. The molecule has 0 spiro atoms. The van der Waals surface area contributed by atoms with Crippen molar-refractivity contribution in [3.05, 3.63) is 41.2 Å². The van der Waals surface area contributed by atoms with E-state index in [1.54, 1.807) is 18.2 Å². The minimum absolute atomic E-state index is 0. The van der Waals surface area contributed by atoms with Crippen LogP contribution in [-0.2, 0) is 0 Å². The normalized spacial score (nSPS) is 16.7. The molecule has 1 unspecified atom stereocenters. The molecule has 1 aliphatic heterocycles. The lowest BCUT2D eigenvalue weighted by Crippen LogP contribution is -2.30. The van der Waals surface area contributed by atoms with Gasteiger partial charge in [-0.15, -0.1) is 23.7 Å². The van der Waals surface area contributed by atoms with Gasteiger partial charge in [0.05, 0.1) is 11.8 Å². The second kappa shape index (κ2) is 8.32. The molecule has 3 rings (SSSR count). The summed E-state index contributed by atoms with van der Waals surface area (Å²) in [5.41, 5.74) is 0.542. The van der Waals surface area contributed by atoms with Crippen LogP contribution in [-0.4, -0.2) is 43.4 Å². The zero-order valence-electron chi connectivity index (χ0n) is 13.3. The summed E-state index contributed by atoms with van der Waals surface area (Å²) >= 11 is 1.34. The highest BCUT2D eigenvalue weighted by molar-refractivity contribution is 7.14. The number of amides is 2. The minimum atomic E-state index is -0.346. The van der Waals surface area contributed by atoms with Crippen LogP contribution in [0, 0.1) is 5.92 Å². The second-order valence-corrected chi connectivity index (χ2v) is 6.47. The molecular formula is C16H20ClN3O3S. The van der Waals surface area contributed by atoms with Crippen molar-refractivity contribution in [1.29, 1.82) is 0 Å². The van der Waals surface area contributed by atoms with E-state index in [4.69, 9.17) is 4.42 Å². The average Bonchev–Trinajstić information content (AvgIpc) is 3.28. The van der Waals surface area contributed by atoms with E-state index in [0.29, 0.717) is 16.5 Å². The van der Waals surface area contributed by atoms with E-state index in [1.807, 2.05) is 17.3 Å². The largest absolute Gasteiger partial charge is 0.459 e. The molecule has 1 fully saturated rings. The Morgan fingerprint density at radius 1 is 1.42 bits per heavy atom. The number of hydrogen-bond donors (Lipinski definition) is 2. The first kappa shape index (κ1) is 18.5. The van der Waals surface area contributed by atoms with Crippen molar-refractivity contribution in [2.75, 3.05) is 32.0 Å². The van der Waals surface area contributed by atoms with Crippen molar-refractivity contribution >= 4 is 40.6 Å². The molecule has 2 aromatic rings. The highest BCUT2D eigenvalue weighted by Gasteiger charge is 2.28. The number of furan rings is 1. The number of thiophene rings is 1. The fourth-order valence-corrected chi connectivity index (χ4v) is 3.56. The average molecular weight is 370 g/mol. The molecule has 0 saturated carbocycles. The Morgan fingerprint density at radius 3 is 2.96 bits per heavy atom. The van der Waals surface area contributed by atoms with Crippen LogP contribution in [0.15, 0.2) is 34.3 Å². The molecular weight excluding hydrogens is 350 g/mol. The van der Waals surface area contributed by atoms with E-state index in [-0.39, 0.29) is 30.0 Å². The van der Waals surface area contributed by atoms with Gasteiger partial charge in [0, 0.05) is 13.1 Å². The van der Waals surface area contributed by atoms with Crippen LogP contribution in [0.25, 0.3) is 0 Å². The summed E-state index contributed by atoms with van der Waals surface area (Å²) in [6.45, 7) is 2.42. The van der Waals surface area contributed by atoms with E-state index in [9.17, 15) is 9.59 Å². The van der Waals surface area contributed by atoms with Crippen molar-refractivity contribution in [2.24, 2.45) is 5.92 Å². The van der Waals surface area contributed by atoms with Crippen molar-refractivity contribution < 1.29 is 14.0 Å². The van der Waals surface area contributed by atoms with Gasteiger partial charge in [-0.3, -0.25) is 9.59 Å². The third-order valence-corrected chi connectivity index (χ3v) is 4.76. The third kappa shape index (κ3) is 3.98. The molecule has 3 heterocycles. The van der Waals surface area contributed by atoms with Crippen LogP contribution in [0.3, 0.4) is 0 Å². The number of hydrogen-bond acceptors (Lipinski definition) is 5. The molecule has 24 heavy (non-hydrogen) atoms. The fourth-order valence-electron chi connectivity index (χ4n) is 2.79. The second-order valence-electron chi connectivity index (χ2n) is 5.56. The molecule has 1 saturated heterocycles. The quantitative estimate of drug-likeness (QED) is 0.849. The Balaban J connectivity index is 0.00000208. The van der Waals surface area contributed by atoms with Crippen molar-refractivity contribution in [1.82, 2.24) is 10.2 Å². The van der Waals surface area contributed by atoms with Crippen molar-refractivity contribution in [2.45, 2.75) is 6.42 Å². The van der Waals surface area contributed by atoms with E-state index in [1.165, 1.54) is 17.6 Å². The predicted octanol–water partition coefficient (Wildman–Crippen LogP) is 2.70. The van der Waals surface area contributed by atoms with Gasteiger partial charge >= 0.3 is 0 Å². The smallest absolute Gasteiger partial charge is 0.291 e. The van der Waals surface area contributed by atoms with E-state index >= 15 is 0 Å². The molecule has 130 valence electrons. The molecule has 1 atom stereocenters. The zero-order chi connectivity index (χ0) is 16.2. The van der Waals surface area contributed by atoms with E-state index in [0.717, 1.165) is 26.1 Å². The Labute approximate surface area is 150 Å². The van der Waals surface area contributed by atoms with Crippen LogP contribution in [0.5, 0.6) is 0 Å². The Morgan fingerprint density at radius 2 is 2.25 bits per heavy atom. The molecule has 2 aromatic heterocycles. The molecule has 1 aliphatic rings. The summed E-state index contributed by atoms with van der Waals surface area (Å²) in [5.74, 6) is 0.344. The van der Waals surface area contributed by atoms with Gasteiger partial charge in [0.25, 0.3) is 11.8 Å². The van der Waals surface area contributed by atoms with Crippen LogP contribution in [0.4, 0.5) is 5.00 Å². The van der Waals surface area contributed by atoms with Gasteiger partial charge in [0.15, 0.2) is 5.76 Å². The molecule has 0 radical (unpaired) electrons. The van der Waals surface area contributed by atoms with Gasteiger partial charge in [-0.1, -0.05) is 0 Å². The van der Waals surface area contributed by atoms with Crippen molar-refractivity contribution in [3.8, 4) is 0 Å². The monoisotopic (exact) mass is 369 g/mol. The van der Waals surface area contributed by atoms with Crippen molar-refractivity contribution in [3.63, 3.8) is 0 Å². The number of anilines is 1. The zero-order valence-corrected chi connectivity index (χ0v) is 14.9. The number of carbonyl (C=O) groups is 2. The molecule has 0 aromatic carbocycles. The number of nitrogens with zero attached hydrogens (tertiary/aromatic N) is 1. The summed E-state index contributed by atoms with van der Waals surface area (Å²) in [6.07, 6.45) is 2.45. The fraction of sp³-hybridized carbons (Fsp3) is 0.375. The van der Waals surface area contributed by atoms with Gasteiger partial charge in [-0.05, 0) is 49.5 Å². The molecule has 8 heteroatoms. The summed E-state index contributed by atoms with van der Waals surface area (Å²) in [6, 6.07) is 5.00. The van der Waals surface area contributed by atoms with E-state index in [2.05, 4.69) is 10.6 Å². The lowest BCUT2D eigenvalue weighted by atomic mass is 10.1. The lowest BCUT2D eigenvalue weighted by molar-refractivity contribution is 0.0788. The summed E-state index contributed by atoms with van der Waals surface area (Å²) in [5, 5.41) is 8.29. The first-order chi connectivity index (χ1) is 11.2. The molecule has 6 nitrogen and oxygen atoms in total. The predicted molar refractivity (Wildman–Crippen MR) is 96.2 cm³/mol. The van der Waals surface area contributed by atoms with Crippen LogP contribution in [0.2, 0.25) is 0 Å². The van der Waals surface area contributed by atoms with Crippen LogP contribution >= 0.6 is 23.7 Å². The number of nitrogens with one attached hydrogen (secondary N) is 2. The number of likely N-dealkylation sites (tertiary alicyclic amines) is 1. The van der Waals surface area contributed by atoms with Gasteiger partial charge in [0.2, 0.25) is 0 Å². The maximum absolute atomic E-state index is 12.7. The van der Waals surface area contributed by atoms with Gasteiger partial charge in [-0.2, -0.15) is 0 Å². The SMILES string of the molecule is CNCC1CCN(C(=O)c2ccsc2NC(=O)c2ccco2)C1.Cl. The molecule has 2 N–H and O–H groups in total. The van der Waals surface area contributed by atoms with Gasteiger partial charge in [-0.25, -0.2) is 0 Å². The van der Waals surface area contributed by atoms with Crippen LogP contribution < -0.4 is 10.6 Å². The Kier molecular flexibility index (Phi) is 6.42. The summed E-state index contributed by atoms with van der Waals surface area (Å²) in [4.78, 5) is 26.6. The third-order valence-electron chi connectivity index (χ3n) is 3.93. The maximum Gasteiger partial charge on any atom is 0.291 e. The highest BCUT2D eigenvalue weighted by Crippen LogP contribution is 2.27. The topological polar surface area (TPSA) is 74.6 Å². The first-order valence-corrected chi connectivity index (χ1v) is 8.43. The Hall–Kier alpha value is -1.83. The Bertz CT molecular complexity index is 687.